The molecule has 2 aromatic carbocycles. The number of carboxylic acids is 1. The molecule has 0 saturated heterocycles. The van der Waals surface area contributed by atoms with Gasteiger partial charge in [-0.1, -0.05) is 61.9 Å². The van der Waals surface area contributed by atoms with E-state index in [0.29, 0.717) is 25.4 Å². The third kappa shape index (κ3) is 5.76. The number of carboxylic acid groups (broad SMARTS) is 1. The molecule has 7 nitrogen and oxygen atoms in total. The van der Waals surface area contributed by atoms with E-state index in [1.165, 1.54) is 16.0 Å². The zero-order chi connectivity index (χ0) is 24.1. The topological polar surface area (TPSA) is 95.9 Å². The second-order valence-corrected chi connectivity index (χ2v) is 9.30. The van der Waals surface area contributed by atoms with Crippen molar-refractivity contribution in [1.29, 1.82) is 0 Å². The predicted octanol–water partition coefficient (Wildman–Crippen LogP) is 4.26. The van der Waals surface area contributed by atoms with Crippen molar-refractivity contribution in [1.82, 2.24) is 10.2 Å². The first-order valence-electron chi connectivity index (χ1n) is 12.0. The largest absolute Gasteiger partial charge is 0.480 e. The fraction of sp³-hybridized carbons (Fsp3) is 0.444. The molecule has 180 valence electrons. The van der Waals surface area contributed by atoms with Crippen molar-refractivity contribution in [2.24, 2.45) is 11.8 Å². The number of nitrogens with one attached hydrogen (secondary N) is 1. The van der Waals surface area contributed by atoms with Crippen molar-refractivity contribution in [3.05, 3.63) is 59.7 Å². The number of hydrogen-bond acceptors (Lipinski definition) is 4. The van der Waals surface area contributed by atoms with E-state index in [1.807, 2.05) is 31.2 Å². The zero-order valence-corrected chi connectivity index (χ0v) is 19.5. The normalized spacial score (nSPS) is 15.2. The van der Waals surface area contributed by atoms with Crippen molar-refractivity contribution in [3.8, 4) is 11.1 Å². The Bertz CT molecular complexity index is 1000. The number of nitrogens with zero attached hydrogens (tertiary/aromatic N) is 1. The summed E-state index contributed by atoms with van der Waals surface area (Å²) in [5, 5.41) is 11.9. The predicted molar refractivity (Wildman–Crippen MR) is 128 cm³/mol. The van der Waals surface area contributed by atoms with Gasteiger partial charge in [0.25, 0.3) is 0 Å². The lowest BCUT2D eigenvalue weighted by atomic mass is 9.98. The van der Waals surface area contributed by atoms with Crippen LogP contribution in [-0.4, -0.2) is 54.2 Å². The molecule has 0 radical (unpaired) electrons. The molecule has 2 aliphatic rings. The Labute approximate surface area is 200 Å². The third-order valence-electron chi connectivity index (χ3n) is 6.77. The molecule has 34 heavy (non-hydrogen) atoms. The molecule has 2 N–H and O–H groups in total. The monoisotopic (exact) mass is 464 g/mol. The van der Waals surface area contributed by atoms with Gasteiger partial charge in [-0.05, 0) is 46.9 Å². The maximum absolute atomic E-state index is 12.7. The van der Waals surface area contributed by atoms with Gasteiger partial charge in [-0.3, -0.25) is 9.59 Å². The number of hydrogen-bond donors (Lipinski definition) is 2. The van der Waals surface area contributed by atoms with Crippen LogP contribution in [0.4, 0.5) is 4.79 Å². The van der Waals surface area contributed by atoms with Crippen LogP contribution in [0, 0.1) is 11.8 Å². The number of carbonyl (C=O) groups is 3. The third-order valence-corrected chi connectivity index (χ3v) is 6.77. The molecule has 2 aromatic rings. The molecule has 7 heteroatoms. The SMILES string of the molecule is CCC(CNC(=O)OCC1c2ccccc2-c2ccccc21)CC(=O)N(CC(=O)O)CC1CC1. The van der Waals surface area contributed by atoms with Gasteiger partial charge in [-0.25, -0.2) is 4.79 Å². The highest BCUT2D eigenvalue weighted by molar-refractivity contribution is 5.82. The van der Waals surface area contributed by atoms with E-state index in [0.717, 1.165) is 24.0 Å². The Morgan fingerprint density at radius 2 is 1.68 bits per heavy atom. The highest BCUT2D eigenvalue weighted by atomic mass is 16.5. The fourth-order valence-electron chi connectivity index (χ4n) is 4.64. The molecule has 1 unspecified atom stereocenters. The second kappa shape index (κ2) is 10.7. The minimum Gasteiger partial charge on any atom is -0.480 e. The van der Waals surface area contributed by atoms with Crippen molar-refractivity contribution in [2.45, 2.75) is 38.5 Å². The van der Waals surface area contributed by atoms with Crippen LogP contribution in [0.1, 0.15) is 49.7 Å². The number of aliphatic carboxylic acids is 1. The van der Waals surface area contributed by atoms with Crippen LogP contribution in [0.25, 0.3) is 11.1 Å². The maximum atomic E-state index is 12.7. The summed E-state index contributed by atoms with van der Waals surface area (Å²) in [4.78, 5) is 37.8. The molecule has 2 aliphatic carbocycles. The van der Waals surface area contributed by atoms with Crippen molar-refractivity contribution in [2.75, 3.05) is 26.2 Å². The van der Waals surface area contributed by atoms with Crippen LogP contribution < -0.4 is 5.32 Å². The summed E-state index contributed by atoms with van der Waals surface area (Å²) in [5.41, 5.74) is 4.66. The number of alkyl carbamates (subject to hydrolysis) is 1. The van der Waals surface area contributed by atoms with Gasteiger partial charge in [0, 0.05) is 25.4 Å². The van der Waals surface area contributed by atoms with E-state index < -0.39 is 12.1 Å². The lowest BCUT2D eigenvalue weighted by Gasteiger charge is -2.23. The molecule has 2 amide bonds. The molecule has 1 saturated carbocycles. The number of fused-ring (bicyclic) bond motifs is 3. The van der Waals surface area contributed by atoms with E-state index in [9.17, 15) is 14.4 Å². The van der Waals surface area contributed by atoms with Gasteiger partial charge in [0.05, 0.1) is 0 Å². The Morgan fingerprint density at radius 3 is 2.24 bits per heavy atom. The highest BCUT2D eigenvalue weighted by Crippen LogP contribution is 2.44. The summed E-state index contributed by atoms with van der Waals surface area (Å²) in [6.07, 6.45) is 2.49. The van der Waals surface area contributed by atoms with Crippen LogP contribution >= 0.6 is 0 Å². The van der Waals surface area contributed by atoms with Crippen molar-refractivity contribution >= 4 is 18.0 Å². The van der Waals surface area contributed by atoms with E-state index >= 15 is 0 Å². The maximum Gasteiger partial charge on any atom is 0.407 e. The molecule has 0 heterocycles. The van der Waals surface area contributed by atoms with Gasteiger partial charge in [0.15, 0.2) is 0 Å². The summed E-state index contributed by atoms with van der Waals surface area (Å²) in [5.74, 6) is -0.839. The van der Waals surface area contributed by atoms with Crippen molar-refractivity contribution in [3.63, 3.8) is 0 Å². The molecular formula is C27H32N2O5. The fourth-order valence-corrected chi connectivity index (χ4v) is 4.64. The zero-order valence-electron chi connectivity index (χ0n) is 19.5. The standard InChI is InChI=1S/C27H32N2O5/c1-2-18(13-25(30)29(16-26(31)32)15-19-11-12-19)14-28-27(33)34-17-24-22-9-5-3-7-20(22)21-8-4-6-10-23(21)24/h3-10,18-19,24H,2,11-17H2,1H3,(H,28,33)(H,31,32). The number of carbonyl (C=O) groups excluding carboxylic acids is 2. The number of benzene rings is 2. The van der Waals surface area contributed by atoms with Gasteiger partial charge < -0.3 is 20.1 Å². The smallest absolute Gasteiger partial charge is 0.407 e. The number of ether oxygens (including phenoxy) is 1. The van der Waals surface area contributed by atoms with Gasteiger partial charge in [0.1, 0.15) is 13.2 Å². The summed E-state index contributed by atoms with van der Waals surface area (Å²) in [6, 6.07) is 16.4. The number of rotatable bonds is 11. The lowest BCUT2D eigenvalue weighted by Crippen LogP contribution is -2.39. The van der Waals surface area contributed by atoms with Crippen LogP contribution in [0.5, 0.6) is 0 Å². The average Bonchev–Trinajstić information content (AvgIpc) is 3.60. The molecule has 0 spiro atoms. The van der Waals surface area contributed by atoms with Crippen LogP contribution in [0.15, 0.2) is 48.5 Å². The Hall–Kier alpha value is -3.35. The minimum absolute atomic E-state index is 0.00583. The van der Waals surface area contributed by atoms with Crippen molar-refractivity contribution < 1.29 is 24.2 Å². The van der Waals surface area contributed by atoms with Gasteiger partial charge >= 0.3 is 12.1 Å². The highest BCUT2D eigenvalue weighted by Gasteiger charge is 2.30. The van der Waals surface area contributed by atoms with Crippen LogP contribution in [0.2, 0.25) is 0 Å². The molecule has 0 aromatic heterocycles. The summed E-state index contributed by atoms with van der Waals surface area (Å²) < 4.78 is 5.58. The Balaban J connectivity index is 1.28. The molecule has 4 rings (SSSR count). The van der Waals surface area contributed by atoms with Gasteiger partial charge in [0.2, 0.25) is 5.91 Å². The average molecular weight is 465 g/mol. The first-order valence-corrected chi connectivity index (χ1v) is 12.0. The quantitative estimate of drug-likeness (QED) is 0.518. The molecule has 1 atom stereocenters. The first-order chi connectivity index (χ1) is 16.5. The second-order valence-electron chi connectivity index (χ2n) is 9.30. The van der Waals surface area contributed by atoms with E-state index in [-0.39, 0.29) is 37.3 Å². The number of amides is 2. The summed E-state index contributed by atoms with van der Waals surface area (Å²) in [6.45, 7) is 2.74. The van der Waals surface area contributed by atoms with E-state index in [2.05, 4.69) is 29.6 Å². The van der Waals surface area contributed by atoms with E-state index in [1.54, 1.807) is 0 Å². The minimum atomic E-state index is -1.00. The molecule has 0 aliphatic heterocycles. The van der Waals surface area contributed by atoms with Gasteiger partial charge in [-0.15, -0.1) is 0 Å². The van der Waals surface area contributed by atoms with E-state index in [4.69, 9.17) is 9.84 Å². The van der Waals surface area contributed by atoms with Crippen LogP contribution in [0.3, 0.4) is 0 Å². The molecular weight excluding hydrogens is 432 g/mol. The molecule has 1 fully saturated rings. The van der Waals surface area contributed by atoms with Gasteiger partial charge in [-0.2, -0.15) is 0 Å². The Morgan fingerprint density at radius 1 is 1.06 bits per heavy atom. The van der Waals surface area contributed by atoms with Crippen LogP contribution in [-0.2, 0) is 14.3 Å². The Kier molecular flexibility index (Phi) is 7.50. The first kappa shape index (κ1) is 23.8. The summed E-state index contributed by atoms with van der Waals surface area (Å²) >= 11 is 0. The molecule has 0 bridgehead atoms. The summed E-state index contributed by atoms with van der Waals surface area (Å²) in [7, 11) is 0. The lowest BCUT2D eigenvalue weighted by molar-refractivity contribution is -0.145.